The average molecular weight is 366 g/mol. The quantitative estimate of drug-likeness (QED) is 0.106. The van der Waals surface area contributed by atoms with Gasteiger partial charge in [0.15, 0.2) is 0 Å². The number of hydrogen-bond donors (Lipinski definition) is 0. The Morgan fingerprint density at radius 2 is 1.18 bits per heavy atom. The molecule has 3 heteroatoms. The first kappa shape index (κ1) is 22.5. The average Bonchev–Trinajstić information content (AvgIpc) is 2.51. The first-order chi connectivity index (χ1) is 10.7. The summed E-state index contributed by atoms with van der Waals surface area (Å²) in [5.41, 5.74) is 0.634. The second-order valence-electron chi connectivity index (χ2n) is 6.61. The standard InChI is InChI=1S/C19H38Cl2Si/c1-3-5-6-7-8-9-10-11-12-13-14-15-16-17-18-19(4-2)22(20)21/h3,19,22H,1,4-18H2,2H3. The van der Waals surface area contributed by atoms with E-state index in [0.29, 0.717) is 5.54 Å². The van der Waals surface area contributed by atoms with Crippen LogP contribution >= 0.6 is 22.2 Å². The Labute approximate surface area is 151 Å². The third kappa shape index (κ3) is 15.4. The van der Waals surface area contributed by atoms with Crippen LogP contribution in [-0.2, 0) is 0 Å². The van der Waals surface area contributed by atoms with Gasteiger partial charge >= 0.3 is 0 Å². The smallest absolute Gasteiger partial charge is 0.150 e. The van der Waals surface area contributed by atoms with E-state index in [1.165, 1.54) is 89.9 Å². The molecule has 0 nitrogen and oxygen atoms in total. The van der Waals surface area contributed by atoms with Crippen LogP contribution in [0.15, 0.2) is 12.7 Å². The molecule has 0 spiro atoms. The molecule has 0 saturated carbocycles. The van der Waals surface area contributed by atoms with E-state index in [1.54, 1.807) is 0 Å². The Morgan fingerprint density at radius 3 is 1.55 bits per heavy atom. The summed E-state index contributed by atoms with van der Waals surface area (Å²) < 4.78 is 0. The highest BCUT2D eigenvalue weighted by Crippen LogP contribution is 2.27. The molecule has 0 rings (SSSR count). The van der Waals surface area contributed by atoms with Crippen LogP contribution in [0.4, 0.5) is 0 Å². The predicted molar refractivity (Wildman–Crippen MR) is 108 cm³/mol. The molecule has 0 aromatic carbocycles. The number of halogens is 2. The largest absolute Gasteiger partial charge is 0.240 e. The van der Waals surface area contributed by atoms with E-state index in [-0.39, 0.29) is 0 Å². The molecule has 0 amide bonds. The molecule has 0 heterocycles. The van der Waals surface area contributed by atoms with Crippen molar-refractivity contribution in [3.8, 4) is 0 Å². The van der Waals surface area contributed by atoms with Gasteiger partial charge in [0, 0.05) is 0 Å². The van der Waals surface area contributed by atoms with Gasteiger partial charge in [-0.2, -0.15) is 22.2 Å². The number of allylic oxidation sites excluding steroid dienone is 1. The minimum Gasteiger partial charge on any atom is -0.150 e. The van der Waals surface area contributed by atoms with Crippen molar-refractivity contribution in [3.05, 3.63) is 12.7 Å². The Morgan fingerprint density at radius 1 is 0.773 bits per heavy atom. The zero-order chi connectivity index (χ0) is 16.5. The minimum atomic E-state index is -1.44. The summed E-state index contributed by atoms with van der Waals surface area (Å²) in [6.07, 6.45) is 22.4. The maximum atomic E-state index is 6.10. The van der Waals surface area contributed by atoms with Gasteiger partial charge < -0.3 is 0 Å². The topological polar surface area (TPSA) is 0 Å². The number of unbranched alkanes of at least 4 members (excludes halogenated alkanes) is 12. The lowest BCUT2D eigenvalue weighted by Crippen LogP contribution is -2.05. The summed E-state index contributed by atoms with van der Waals surface area (Å²) in [5.74, 6) is 0. The van der Waals surface area contributed by atoms with Gasteiger partial charge in [0.1, 0.15) is 0 Å². The van der Waals surface area contributed by atoms with Crippen molar-refractivity contribution in [1.82, 2.24) is 0 Å². The highest BCUT2D eigenvalue weighted by Gasteiger charge is 2.16. The first-order valence-electron chi connectivity index (χ1n) is 9.61. The zero-order valence-corrected chi connectivity index (χ0v) is 17.5. The molecule has 0 aromatic rings. The lowest BCUT2D eigenvalue weighted by Gasteiger charge is -2.13. The molecular weight excluding hydrogens is 327 g/mol. The van der Waals surface area contributed by atoms with Gasteiger partial charge in [0.05, 0.1) is 0 Å². The van der Waals surface area contributed by atoms with Gasteiger partial charge in [-0.15, -0.1) is 6.58 Å². The van der Waals surface area contributed by atoms with Crippen LogP contribution < -0.4 is 0 Å². The van der Waals surface area contributed by atoms with Gasteiger partial charge in [-0.1, -0.05) is 96.5 Å². The molecule has 0 fully saturated rings. The molecule has 0 aliphatic rings. The van der Waals surface area contributed by atoms with E-state index < -0.39 is 7.42 Å². The second kappa shape index (κ2) is 17.9. The lowest BCUT2D eigenvalue weighted by molar-refractivity contribution is 0.532. The summed E-state index contributed by atoms with van der Waals surface area (Å²) in [4.78, 5) is 0. The van der Waals surface area contributed by atoms with E-state index in [0.717, 1.165) is 6.42 Å². The zero-order valence-electron chi connectivity index (χ0n) is 14.8. The van der Waals surface area contributed by atoms with Crippen molar-refractivity contribution in [3.63, 3.8) is 0 Å². The van der Waals surface area contributed by atoms with E-state index in [4.69, 9.17) is 22.2 Å². The Kier molecular flexibility index (Phi) is 18.3. The van der Waals surface area contributed by atoms with Crippen molar-refractivity contribution in [1.29, 1.82) is 0 Å². The van der Waals surface area contributed by atoms with Crippen molar-refractivity contribution < 1.29 is 0 Å². The van der Waals surface area contributed by atoms with Gasteiger partial charge in [-0.3, -0.25) is 0 Å². The van der Waals surface area contributed by atoms with Gasteiger partial charge in [-0.05, 0) is 18.4 Å². The summed E-state index contributed by atoms with van der Waals surface area (Å²) in [7, 11) is -1.44. The summed E-state index contributed by atoms with van der Waals surface area (Å²) in [5, 5.41) is 0. The van der Waals surface area contributed by atoms with Gasteiger partial charge in [0.2, 0.25) is 7.42 Å². The molecule has 0 bridgehead atoms. The third-order valence-corrected chi connectivity index (χ3v) is 8.27. The molecule has 22 heavy (non-hydrogen) atoms. The monoisotopic (exact) mass is 364 g/mol. The van der Waals surface area contributed by atoms with E-state index in [2.05, 4.69) is 13.5 Å². The fourth-order valence-electron chi connectivity index (χ4n) is 2.97. The van der Waals surface area contributed by atoms with Crippen LogP contribution in [0, 0.1) is 0 Å². The highest BCUT2D eigenvalue weighted by atomic mass is 35.7. The van der Waals surface area contributed by atoms with Crippen molar-refractivity contribution in [2.75, 3.05) is 0 Å². The maximum absolute atomic E-state index is 6.10. The fourth-order valence-corrected chi connectivity index (χ4v) is 5.64. The van der Waals surface area contributed by atoms with Crippen molar-refractivity contribution in [2.45, 2.75) is 109 Å². The van der Waals surface area contributed by atoms with E-state index >= 15 is 0 Å². The number of rotatable bonds is 17. The normalized spacial score (nSPS) is 12.7. The molecule has 1 unspecified atom stereocenters. The summed E-state index contributed by atoms with van der Waals surface area (Å²) >= 11 is 12.2. The minimum absolute atomic E-state index is 0.634. The van der Waals surface area contributed by atoms with Gasteiger partial charge in [-0.25, -0.2) is 0 Å². The van der Waals surface area contributed by atoms with Crippen LogP contribution in [0.2, 0.25) is 5.54 Å². The second-order valence-corrected chi connectivity index (χ2v) is 11.7. The highest BCUT2D eigenvalue weighted by molar-refractivity contribution is 7.34. The summed E-state index contributed by atoms with van der Waals surface area (Å²) in [6.45, 7) is 5.98. The molecule has 0 aliphatic heterocycles. The molecule has 0 radical (unpaired) electrons. The Balaban J connectivity index is 3.13. The van der Waals surface area contributed by atoms with E-state index in [9.17, 15) is 0 Å². The molecule has 0 saturated heterocycles. The summed E-state index contributed by atoms with van der Waals surface area (Å²) in [6, 6.07) is 0. The predicted octanol–water partition coefficient (Wildman–Crippen LogP) is 8.11. The van der Waals surface area contributed by atoms with Crippen LogP contribution in [0.5, 0.6) is 0 Å². The van der Waals surface area contributed by atoms with Crippen molar-refractivity contribution >= 4 is 29.6 Å². The SMILES string of the molecule is C=CCCCCCCCCCCCCCCC(CC)[SiH](Cl)Cl. The molecule has 0 aromatic heterocycles. The third-order valence-electron chi connectivity index (χ3n) is 4.61. The molecular formula is C19H38Cl2Si. The molecule has 132 valence electrons. The van der Waals surface area contributed by atoms with Crippen LogP contribution in [0.3, 0.4) is 0 Å². The maximum Gasteiger partial charge on any atom is 0.240 e. The Hall–Kier alpha value is 0.537. The van der Waals surface area contributed by atoms with Crippen molar-refractivity contribution in [2.24, 2.45) is 0 Å². The Bertz CT molecular complexity index is 231. The number of hydrogen-bond acceptors (Lipinski definition) is 0. The van der Waals surface area contributed by atoms with Crippen LogP contribution in [0.1, 0.15) is 103 Å². The van der Waals surface area contributed by atoms with Crippen LogP contribution in [0.25, 0.3) is 0 Å². The molecule has 1 atom stereocenters. The molecule has 0 N–H and O–H groups in total. The van der Waals surface area contributed by atoms with E-state index in [1.807, 2.05) is 6.08 Å². The van der Waals surface area contributed by atoms with Gasteiger partial charge in [0.25, 0.3) is 0 Å². The first-order valence-corrected chi connectivity index (χ1v) is 13.8. The fraction of sp³-hybridized carbons (Fsp3) is 0.895. The van der Waals surface area contributed by atoms with Crippen LogP contribution in [-0.4, -0.2) is 7.42 Å². The molecule has 0 aliphatic carbocycles. The lowest BCUT2D eigenvalue weighted by atomic mass is 10.0.